The third kappa shape index (κ3) is 4.34. The minimum absolute atomic E-state index is 0.593. The first kappa shape index (κ1) is 24.3. The maximum absolute atomic E-state index is 6.66. The van der Waals surface area contributed by atoms with Crippen LogP contribution in [-0.2, 0) is 12.1 Å². The minimum Gasteiger partial charge on any atom is -0.326 e. The van der Waals surface area contributed by atoms with E-state index in [0.717, 1.165) is 33.6 Å². The SMILES string of the molecule is Clc1cccc(Cn2c(Cl)ccc2-c2cn(C(c3ccccc3)(c3ccccc3)c3ccccc3)cn2)c1. The Balaban J connectivity index is 1.54. The van der Waals surface area contributed by atoms with Crippen molar-refractivity contribution in [3.8, 4) is 11.4 Å². The van der Waals surface area contributed by atoms with Gasteiger partial charge in [-0.1, -0.05) is 126 Å². The first-order valence-electron chi connectivity index (χ1n) is 12.5. The molecule has 2 aromatic heterocycles. The van der Waals surface area contributed by atoms with Gasteiger partial charge in [-0.05, 0) is 46.5 Å². The molecule has 2 heterocycles. The maximum Gasteiger partial charge on any atom is 0.121 e. The third-order valence-electron chi connectivity index (χ3n) is 6.96. The second-order valence-corrected chi connectivity index (χ2v) is 10.1. The Morgan fingerprint density at radius 2 is 1.21 bits per heavy atom. The highest BCUT2D eigenvalue weighted by atomic mass is 35.5. The molecular formula is C33H25Cl2N3. The van der Waals surface area contributed by atoms with Crippen LogP contribution in [0.15, 0.2) is 140 Å². The van der Waals surface area contributed by atoms with Crippen LogP contribution in [0.4, 0.5) is 0 Å². The van der Waals surface area contributed by atoms with E-state index in [0.29, 0.717) is 16.7 Å². The molecular weight excluding hydrogens is 509 g/mol. The number of rotatable bonds is 7. The van der Waals surface area contributed by atoms with E-state index in [4.69, 9.17) is 28.2 Å². The summed E-state index contributed by atoms with van der Waals surface area (Å²) in [4.78, 5) is 4.92. The molecule has 0 amide bonds. The largest absolute Gasteiger partial charge is 0.326 e. The van der Waals surface area contributed by atoms with Crippen LogP contribution in [0.5, 0.6) is 0 Å². The van der Waals surface area contributed by atoms with Crippen LogP contribution < -0.4 is 0 Å². The van der Waals surface area contributed by atoms with E-state index >= 15 is 0 Å². The smallest absolute Gasteiger partial charge is 0.121 e. The first-order valence-corrected chi connectivity index (χ1v) is 13.2. The zero-order valence-electron chi connectivity index (χ0n) is 20.6. The summed E-state index contributed by atoms with van der Waals surface area (Å²) in [5, 5.41) is 1.35. The van der Waals surface area contributed by atoms with Gasteiger partial charge in [-0.3, -0.25) is 0 Å². The molecule has 38 heavy (non-hydrogen) atoms. The molecule has 0 bridgehead atoms. The molecule has 0 atom stereocenters. The molecule has 4 aromatic carbocycles. The van der Waals surface area contributed by atoms with E-state index in [9.17, 15) is 0 Å². The third-order valence-corrected chi connectivity index (χ3v) is 7.53. The second kappa shape index (κ2) is 10.4. The van der Waals surface area contributed by atoms with Crippen LogP contribution in [0.25, 0.3) is 11.4 Å². The molecule has 0 spiro atoms. The predicted octanol–water partition coefficient (Wildman–Crippen LogP) is 8.55. The van der Waals surface area contributed by atoms with Crippen molar-refractivity contribution in [2.24, 2.45) is 0 Å². The molecule has 0 radical (unpaired) electrons. The van der Waals surface area contributed by atoms with E-state index in [1.165, 1.54) is 0 Å². The lowest BCUT2D eigenvalue weighted by Crippen LogP contribution is -2.36. The lowest BCUT2D eigenvalue weighted by atomic mass is 9.77. The van der Waals surface area contributed by atoms with E-state index < -0.39 is 5.54 Å². The highest BCUT2D eigenvalue weighted by Gasteiger charge is 2.38. The van der Waals surface area contributed by atoms with Crippen molar-refractivity contribution in [3.63, 3.8) is 0 Å². The molecule has 0 fully saturated rings. The lowest BCUT2D eigenvalue weighted by Gasteiger charge is -2.37. The summed E-state index contributed by atoms with van der Waals surface area (Å²) >= 11 is 12.9. The summed E-state index contributed by atoms with van der Waals surface area (Å²) in [7, 11) is 0. The normalized spacial score (nSPS) is 11.5. The van der Waals surface area contributed by atoms with Crippen LogP contribution in [0.3, 0.4) is 0 Å². The van der Waals surface area contributed by atoms with Gasteiger partial charge in [0.1, 0.15) is 16.4 Å². The summed E-state index contributed by atoms with van der Waals surface area (Å²) in [5.74, 6) is 0. The van der Waals surface area contributed by atoms with Crippen molar-refractivity contribution in [3.05, 3.63) is 172 Å². The van der Waals surface area contributed by atoms with Crippen LogP contribution in [0.2, 0.25) is 10.2 Å². The molecule has 6 aromatic rings. The molecule has 0 aliphatic carbocycles. The van der Waals surface area contributed by atoms with Gasteiger partial charge in [0.05, 0.1) is 12.0 Å². The fourth-order valence-corrected chi connectivity index (χ4v) is 5.70. The number of hydrogen-bond acceptors (Lipinski definition) is 1. The van der Waals surface area contributed by atoms with Gasteiger partial charge in [0.25, 0.3) is 0 Å². The Kier molecular flexibility index (Phi) is 6.63. The number of imidazole rings is 1. The van der Waals surface area contributed by atoms with Gasteiger partial charge in [-0.15, -0.1) is 0 Å². The summed E-state index contributed by atoms with van der Waals surface area (Å²) < 4.78 is 4.28. The summed E-state index contributed by atoms with van der Waals surface area (Å²) in [6, 6.07) is 43.5. The Morgan fingerprint density at radius 1 is 0.632 bits per heavy atom. The lowest BCUT2D eigenvalue weighted by molar-refractivity contribution is 0.515. The van der Waals surface area contributed by atoms with E-state index in [2.05, 4.69) is 94.2 Å². The fraction of sp³-hybridized carbons (Fsp3) is 0.0606. The van der Waals surface area contributed by atoms with E-state index in [1.54, 1.807) is 0 Å². The summed E-state index contributed by atoms with van der Waals surface area (Å²) in [5.41, 5.74) is 5.67. The van der Waals surface area contributed by atoms with Crippen LogP contribution in [0.1, 0.15) is 22.3 Å². The number of nitrogens with zero attached hydrogens (tertiary/aromatic N) is 3. The van der Waals surface area contributed by atoms with Crippen LogP contribution in [0, 0.1) is 0 Å². The van der Waals surface area contributed by atoms with Gasteiger partial charge < -0.3 is 9.13 Å². The molecule has 3 nitrogen and oxygen atoms in total. The summed E-state index contributed by atoms with van der Waals surface area (Å²) in [6.07, 6.45) is 4.04. The van der Waals surface area contributed by atoms with Gasteiger partial charge in [0.15, 0.2) is 0 Å². The van der Waals surface area contributed by atoms with E-state index in [-0.39, 0.29) is 0 Å². The highest BCUT2D eigenvalue weighted by Crippen LogP contribution is 2.41. The van der Waals surface area contributed by atoms with Crippen LogP contribution >= 0.6 is 23.2 Å². The van der Waals surface area contributed by atoms with E-state index in [1.807, 2.05) is 54.9 Å². The number of benzene rings is 4. The Morgan fingerprint density at radius 3 is 1.76 bits per heavy atom. The number of halogens is 2. The molecule has 0 aliphatic rings. The molecule has 0 saturated carbocycles. The maximum atomic E-state index is 6.66. The average molecular weight is 534 g/mol. The average Bonchev–Trinajstić information content (AvgIpc) is 3.58. The van der Waals surface area contributed by atoms with Crippen molar-refractivity contribution >= 4 is 23.2 Å². The quantitative estimate of drug-likeness (QED) is 0.188. The van der Waals surface area contributed by atoms with Gasteiger partial charge in [0.2, 0.25) is 0 Å². The van der Waals surface area contributed by atoms with Crippen molar-refractivity contribution in [1.29, 1.82) is 0 Å². The van der Waals surface area contributed by atoms with Gasteiger partial charge in [-0.2, -0.15) is 0 Å². The predicted molar refractivity (Wildman–Crippen MR) is 156 cm³/mol. The monoisotopic (exact) mass is 533 g/mol. The molecule has 0 unspecified atom stereocenters. The fourth-order valence-electron chi connectivity index (χ4n) is 5.27. The Bertz CT molecular complexity index is 1560. The standard InChI is InChI=1S/C33H25Cl2N3/c34-29-18-10-11-25(21-29)22-38-31(19-20-32(38)35)30-23-37(24-36-30)33(26-12-4-1-5-13-26,27-14-6-2-7-15-27)28-16-8-3-9-17-28/h1-21,23-24H,22H2. The van der Waals surface area contributed by atoms with Crippen molar-refractivity contribution < 1.29 is 0 Å². The molecule has 186 valence electrons. The van der Waals surface area contributed by atoms with Crippen molar-refractivity contribution in [2.45, 2.75) is 12.1 Å². The zero-order valence-corrected chi connectivity index (χ0v) is 22.1. The minimum atomic E-state index is -0.622. The van der Waals surface area contributed by atoms with Crippen molar-refractivity contribution in [2.75, 3.05) is 0 Å². The molecule has 0 N–H and O–H groups in total. The molecule has 0 aliphatic heterocycles. The van der Waals surface area contributed by atoms with Gasteiger partial charge in [0, 0.05) is 17.8 Å². The molecule has 5 heteroatoms. The van der Waals surface area contributed by atoms with Crippen LogP contribution in [-0.4, -0.2) is 14.1 Å². The first-order chi connectivity index (χ1) is 18.7. The molecule has 6 rings (SSSR count). The van der Waals surface area contributed by atoms with Gasteiger partial charge in [-0.25, -0.2) is 4.98 Å². The van der Waals surface area contributed by atoms with Gasteiger partial charge >= 0.3 is 0 Å². The Hall–Kier alpha value is -4.05. The zero-order chi connectivity index (χ0) is 26.0. The topological polar surface area (TPSA) is 22.8 Å². The van der Waals surface area contributed by atoms with Crippen molar-refractivity contribution in [1.82, 2.24) is 14.1 Å². The highest BCUT2D eigenvalue weighted by molar-refractivity contribution is 6.30. The summed E-state index contributed by atoms with van der Waals surface area (Å²) in [6.45, 7) is 0.593. The number of aromatic nitrogens is 3. The molecule has 0 saturated heterocycles. The Labute approximate surface area is 232 Å². The second-order valence-electron chi connectivity index (χ2n) is 9.23. The number of hydrogen-bond donors (Lipinski definition) is 0.